The Kier molecular flexibility index (Phi) is 3.88. The van der Waals surface area contributed by atoms with Crippen LogP contribution in [-0.2, 0) is 4.74 Å². The zero-order chi connectivity index (χ0) is 14.7. The Morgan fingerprint density at radius 3 is 2.70 bits per heavy atom. The van der Waals surface area contributed by atoms with Gasteiger partial charge in [0.15, 0.2) is 0 Å². The highest BCUT2D eigenvalue weighted by molar-refractivity contribution is 5.96. The van der Waals surface area contributed by atoms with Crippen molar-refractivity contribution >= 4 is 29.1 Å². The number of hydrogen-bond donors (Lipinski definition) is 1. The molecule has 2 aromatic rings. The van der Waals surface area contributed by atoms with Crippen molar-refractivity contribution in [2.75, 3.05) is 26.0 Å². The maximum atomic E-state index is 12.2. The van der Waals surface area contributed by atoms with Crippen molar-refractivity contribution in [3.63, 3.8) is 0 Å². The van der Waals surface area contributed by atoms with Crippen LogP contribution in [0.5, 0.6) is 0 Å². The molecule has 0 aliphatic heterocycles. The van der Waals surface area contributed by atoms with Crippen molar-refractivity contribution in [1.29, 1.82) is 0 Å². The van der Waals surface area contributed by atoms with Gasteiger partial charge in [-0.15, -0.1) is 0 Å². The zero-order valence-corrected chi connectivity index (χ0v) is 11.6. The average molecular weight is 276 g/mol. The number of carbonyl (C=O) groups excluding carboxylic acids is 2. The van der Waals surface area contributed by atoms with E-state index in [1.807, 2.05) is 6.07 Å². The molecule has 1 aromatic carbocycles. The first-order chi connectivity index (χ1) is 9.54. The predicted molar refractivity (Wildman–Crippen MR) is 74.9 cm³/mol. The highest BCUT2D eigenvalue weighted by atomic mass is 16.5. The first-order valence-corrected chi connectivity index (χ1v) is 6.17. The lowest BCUT2D eigenvalue weighted by atomic mass is 10.3. The van der Waals surface area contributed by atoms with Gasteiger partial charge in [0.25, 0.3) is 0 Å². The third kappa shape index (κ3) is 2.56. The molecule has 0 atom stereocenters. The lowest BCUT2D eigenvalue weighted by molar-refractivity contribution is 0.167. The molecular formula is C13H16N4O3. The van der Waals surface area contributed by atoms with Crippen LogP contribution in [0.2, 0.25) is 0 Å². The molecule has 2 rings (SSSR count). The smallest absolute Gasteiger partial charge is 0.413 e. The first-order valence-electron chi connectivity index (χ1n) is 6.17. The lowest BCUT2D eigenvalue weighted by Gasteiger charge is -2.14. The second-order valence-electron chi connectivity index (χ2n) is 4.28. The second-order valence-corrected chi connectivity index (χ2v) is 4.28. The maximum Gasteiger partial charge on any atom is 0.413 e. The van der Waals surface area contributed by atoms with E-state index in [0.29, 0.717) is 11.0 Å². The number of nitrogens with one attached hydrogen (secondary N) is 1. The molecule has 0 bridgehead atoms. The van der Waals surface area contributed by atoms with Crippen LogP contribution in [-0.4, -0.2) is 47.3 Å². The van der Waals surface area contributed by atoms with Crippen molar-refractivity contribution in [2.45, 2.75) is 6.92 Å². The summed E-state index contributed by atoms with van der Waals surface area (Å²) >= 11 is 0. The average Bonchev–Trinajstić information content (AvgIpc) is 2.75. The summed E-state index contributed by atoms with van der Waals surface area (Å²) in [4.78, 5) is 29.4. The summed E-state index contributed by atoms with van der Waals surface area (Å²) < 4.78 is 6.15. The topological polar surface area (TPSA) is 76.5 Å². The van der Waals surface area contributed by atoms with Gasteiger partial charge in [-0.2, -0.15) is 0 Å². The first kappa shape index (κ1) is 13.9. The lowest BCUT2D eigenvalue weighted by Crippen LogP contribution is -2.29. The van der Waals surface area contributed by atoms with Gasteiger partial charge in [0.1, 0.15) is 0 Å². The number of fused-ring (bicyclic) bond motifs is 1. The number of benzene rings is 1. The summed E-state index contributed by atoms with van der Waals surface area (Å²) in [5, 5.41) is 2.48. The molecule has 0 fully saturated rings. The molecule has 0 aliphatic rings. The Morgan fingerprint density at radius 2 is 2.05 bits per heavy atom. The fourth-order valence-corrected chi connectivity index (χ4v) is 1.76. The Labute approximate surface area is 116 Å². The molecule has 2 amide bonds. The van der Waals surface area contributed by atoms with E-state index in [1.54, 1.807) is 39.2 Å². The third-order valence-electron chi connectivity index (χ3n) is 2.62. The van der Waals surface area contributed by atoms with Crippen LogP contribution in [0.1, 0.15) is 6.92 Å². The quantitative estimate of drug-likeness (QED) is 0.911. The largest absolute Gasteiger partial charge is 0.450 e. The van der Waals surface area contributed by atoms with Gasteiger partial charge >= 0.3 is 12.1 Å². The molecular weight excluding hydrogens is 260 g/mol. The number of ether oxygens (including phenoxy) is 1. The van der Waals surface area contributed by atoms with Gasteiger partial charge in [-0.05, 0) is 19.1 Å². The van der Waals surface area contributed by atoms with E-state index in [4.69, 9.17) is 4.74 Å². The summed E-state index contributed by atoms with van der Waals surface area (Å²) in [6.45, 7) is 1.95. The van der Waals surface area contributed by atoms with Gasteiger partial charge < -0.3 is 9.64 Å². The van der Waals surface area contributed by atoms with E-state index in [9.17, 15) is 9.59 Å². The van der Waals surface area contributed by atoms with Crippen molar-refractivity contribution in [3.8, 4) is 0 Å². The minimum Gasteiger partial charge on any atom is -0.450 e. The standard InChI is InChI=1S/C13H16N4O3/c1-4-20-12(18)15-11-14-9-7-5-6-8-10(9)17(11)13(19)16(2)3/h5-8H,4H2,1-3H3,(H,14,15,18). The molecule has 7 heteroatoms. The van der Waals surface area contributed by atoms with Gasteiger partial charge in [-0.1, -0.05) is 12.1 Å². The van der Waals surface area contributed by atoms with E-state index in [1.165, 1.54) is 9.47 Å². The molecule has 1 N–H and O–H groups in total. The molecule has 0 spiro atoms. The van der Waals surface area contributed by atoms with E-state index in [-0.39, 0.29) is 18.6 Å². The number of nitrogens with zero attached hydrogens (tertiary/aromatic N) is 3. The Hall–Kier alpha value is -2.57. The van der Waals surface area contributed by atoms with Crippen LogP contribution in [0.15, 0.2) is 24.3 Å². The number of para-hydroxylation sites is 2. The van der Waals surface area contributed by atoms with Gasteiger partial charge in [0, 0.05) is 14.1 Å². The Morgan fingerprint density at radius 1 is 1.35 bits per heavy atom. The second kappa shape index (κ2) is 5.60. The van der Waals surface area contributed by atoms with Gasteiger partial charge in [-0.25, -0.2) is 19.1 Å². The van der Waals surface area contributed by atoms with E-state index in [0.717, 1.165) is 0 Å². The van der Waals surface area contributed by atoms with Crippen molar-refractivity contribution < 1.29 is 14.3 Å². The minimum atomic E-state index is -0.643. The van der Waals surface area contributed by atoms with E-state index < -0.39 is 6.09 Å². The Balaban J connectivity index is 2.49. The van der Waals surface area contributed by atoms with Crippen molar-refractivity contribution in [2.24, 2.45) is 0 Å². The maximum absolute atomic E-state index is 12.2. The minimum absolute atomic E-state index is 0.142. The van der Waals surface area contributed by atoms with Crippen LogP contribution in [0.25, 0.3) is 11.0 Å². The molecule has 1 heterocycles. The highest BCUT2D eigenvalue weighted by Gasteiger charge is 2.19. The monoisotopic (exact) mass is 276 g/mol. The van der Waals surface area contributed by atoms with Gasteiger partial charge in [-0.3, -0.25) is 5.32 Å². The van der Waals surface area contributed by atoms with Crippen molar-refractivity contribution in [1.82, 2.24) is 14.5 Å². The fourth-order valence-electron chi connectivity index (χ4n) is 1.76. The van der Waals surface area contributed by atoms with E-state index in [2.05, 4.69) is 10.3 Å². The van der Waals surface area contributed by atoms with E-state index >= 15 is 0 Å². The highest BCUT2D eigenvalue weighted by Crippen LogP contribution is 2.20. The number of anilines is 1. The third-order valence-corrected chi connectivity index (χ3v) is 2.62. The number of aromatic nitrogens is 2. The zero-order valence-electron chi connectivity index (χ0n) is 11.6. The Bertz CT molecular complexity index is 648. The van der Waals surface area contributed by atoms with Gasteiger partial charge in [0.05, 0.1) is 17.6 Å². The number of rotatable bonds is 2. The van der Waals surface area contributed by atoms with Crippen LogP contribution >= 0.6 is 0 Å². The molecule has 20 heavy (non-hydrogen) atoms. The molecule has 7 nitrogen and oxygen atoms in total. The SMILES string of the molecule is CCOC(=O)Nc1nc2ccccc2n1C(=O)N(C)C. The fraction of sp³-hybridized carbons (Fsp3) is 0.308. The summed E-state index contributed by atoms with van der Waals surface area (Å²) in [7, 11) is 3.26. The van der Waals surface area contributed by atoms with Crippen LogP contribution in [0, 0.1) is 0 Å². The summed E-state index contributed by atoms with van der Waals surface area (Å²) in [5.74, 6) is 0.142. The predicted octanol–water partition coefficient (Wildman–Crippen LogP) is 2.13. The molecule has 0 saturated heterocycles. The van der Waals surface area contributed by atoms with Crippen LogP contribution < -0.4 is 5.32 Å². The summed E-state index contributed by atoms with van der Waals surface area (Å²) in [6.07, 6.45) is -0.643. The molecule has 0 aliphatic carbocycles. The molecule has 0 radical (unpaired) electrons. The number of imidazole rings is 1. The molecule has 1 aromatic heterocycles. The molecule has 106 valence electrons. The molecule has 0 unspecified atom stereocenters. The van der Waals surface area contributed by atoms with Gasteiger partial charge in [0.2, 0.25) is 5.95 Å². The number of hydrogen-bond acceptors (Lipinski definition) is 4. The van der Waals surface area contributed by atoms with Crippen LogP contribution in [0.4, 0.5) is 15.5 Å². The summed E-state index contributed by atoms with van der Waals surface area (Å²) in [6, 6.07) is 6.85. The van der Waals surface area contributed by atoms with Crippen LogP contribution in [0.3, 0.4) is 0 Å². The summed E-state index contributed by atoms with van der Waals surface area (Å²) in [5.41, 5.74) is 1.24. The normalized spacial score (nSPS) is 10.3. The van der Waals surface area contributed by atoms with Crippen molar-refractivity contribution in [3.05, 3.63) is 24.3 Å². The number of carbonyl (C=O) groups is 2. The number of amides is 2. The molecule has 0 saturated carbocycles.